The molecule has 0 aromatic rings. The number of hydrogen-bond acceptors (Lipinski definition) is 8. The molecule has 0 aromatic carbocycles. The minimum absolute atomic E-state index is 0.0507. The van der Waals surface area contributed by atoms with Gasteiger partial charge in [0.1, 0.15) is 23.3 Å². The van der Waals surface area contributed by atoms with Gasteiger partial charge in [-0.05, 0) is 70.8 Å². The van der Waals surface area contributed by atoms with Crippen molar-refractivity contribution < 1.29 is 19.1 Å². The normalized spacial score (nSPS) is 12.2. The molecule has 0 amide bonds. The lowest BCUT2D eigenvalue weighted by atomic mass is 10.2. The lowest BCUT2D eigenvalue weighted by molar-refractivity contribution is -0.143. The number of ether oxygens (including phenoxy) is 2. The fraction of sp³-hybridized carbons (Fsp3) is 0.478. The Morgan fingerprint density at radius 3 is 1.45 bits per heavy atom. The van der Waals surface area contributed by atoms with E-state index in [9.17, 15) is 9.59 Å². The van der Waals surface area contributed by atoms with Crippen LogP contribution in [-0.4, -0.2) is 61.1 Å². The van der Waals surface area contributed by atoms with Crippen molar-refractivity contribution in [2.75, 3.05) is 27.2 Å². The highest BCUT2D eigenvalue weighted by Gasteiger charge is 2.11. The van der Waals surface area contributed by atoms with E-state index in [0.717, 1.165) is 19.5 Å². The third-order valence-electron chi connectivity index (χ3n) is 3.59. The molecule has 0 aliphatic carbocycles. The molecule has 0 aromatic heterocycles. The van der Waals surface area contributed by atoms with Crippen LogP contribution in [0.1, 0.15) is 34.1 Å². The first-order valence-electron chi connectivity index (χ1n) is 10.00. The van der Waals surface area contributed by atoms with E-state index in [4.69, 9.17) is 20.0 Å². The predicted octanol–water partition coefficient (Wildman–Crippen LogP) is 3.07. The number of hydrogen-bond donors (Lipinski definition) is 0. The molecule has 31 heavy (non-hydrogen) atoms. The van der Waals surface area contributed by atoms with E-state index in [-0.39, 0.29) is 23.4 Å². The van der Waals surface area contributed by atoms with E-state index < -0.39 is 11.9 Å². The molecule has 0 unspecified atom stereocenters. The maximum absolute atomic E-state index is 11.7. The molecular weight excluding hydrogens is 396 g/mol. The highest BCUT2D eigenvalue weighted by Crippen LogP contribution is 2.03. The summed E-state index contributed by atoms with van der Waals surface area (Å²) in [5, 5.41) is 18.1. The van der Waals surface area contributed by atoms with Crippen LogP contribution in [0, 0.1) is 22.7 Å². The summed E-state index contributed by atoms with van der Waals surface area (Å²) in [5.74, 6) is -1.27. The summed E-state index contributed by atoms with van der Waals surface area (Å²) in [5.41, 5.74) is -0.101. The second kappa shape index (κ2) is 15.3. The largest absolute Gasteiger partial charge is 0.459 e. The van der Waals surface area contributed by atoms with Crippen LogP contribution in [-0.2, 0) is 19.1 Å². The molecule has 0 bridgehead atoms. The molecule has 0 N–H and O–H groups in total. The summed E-state index contributed by atoms with van der Waals surface area (Å²) in [6.07, 6.45) is 9.96. The van der Waals surface area contributed by atoms with Crippen molar-refractivity contribution in [2.24, 2.45) is 0 Å². The van der Waals surface area contributed by atoms with Gasteiger partial charge >= 0.3 is 11.9 Å². The maximum Gasteiger partial charge on any atom is 0.349 e. The van der Waals surface area contributed by atoms with Crippen LogP contribution in [0.4, 0.5) is 0 Å². The lowest BCUT2D eigenvalue weighted by Gasteiger charge is -2.17. The van der Waals surface area contributed by atoms with Crippen LogP contribution in [0.15, 0.2) is 47.9 Å². The first kappa shape index (κ1) is 27.5. The van der Waals surface area contributed by atoms with Crippen LogP contribution in [0.5, 0.6) is 0 Å². The van der Waals surface area contributed by atoms with Gasteiger partial charge < -0.3 is 19.3 Å². The number of carbonyl (C=O) groups is 2. The van der Waals surface area contributed by atoms with Crippen LogP contribution < -0.4 is 0 Å². The van der Waals surface area contributed by atoms with E-state index in [1.165, 1.54) is 12.2 Å². The van der Waals surface area contributed by atoms with Crippen molar-refractivity contribution in [3.63, 3.8) is 0 Å². The molecule has 0 aliphatic heterocycles. The van der Waals surface area contributed by atoms with Gasteiger partial charge in [0.05, 0.1) is 12.2 Å². The topological polar surface area (TPSA) is 107 Å². The highest BCUT2D eigenvalue weighted by atomic mass is 16.5. The van der Waals surface area contributed by atoms with Gasteiger partial charge in [0.2, 0.25) is 0 Å². The maximum atomic E-state index is 11.7. The van der Waals surface area contributed by atoms with Gasteiger partial charge in [-0.1, -0.05) is 0 Å². The summed E-state index contributed by atoms with van der Waals surface area (Å²) >= 11 is 0. The molecule has 0 spiro atoms. The molecule has 0 saturated heterocycles. The Bertz CT molecular complexity index is 729. The first-order valence-corrected chi connectivity index (χ1v) is 10.00. The predicted molar refractivity (Wildman–Crippen MR) is 118 cm³/mol. The molecule has 0 rings (SSSR count). The molecule has 0 aliphatic rings. The summed E-state index contributed by atoms with van der Waals surface area (Å²) in [4.78, 5) is 27.3. The second-order valence-electron chi connectivity index (χ2n) is 7.29. The summed E-state index contributed by atoms with van der Waals surface area (Å²) in [7, 11) is 3.78. The van der Waals surface area contributed by atoms with Crippen molar-refractivity contribution in [1.29, 1.82) is 10.5 Å². The Hall–Kier alpha value is -3.52. The zero-order valence-corrected chi connectivity index (χ0v) is 19.2. The van der Waals surface area contributed by atoms with Gasteiger partial charge in [0.15, 0.2) is 0 Å². The van der Waals surface area contributed by atoms with Crippen LogP contribution >= 0.6 is 0 Å². The number of nitriles is 2. The standard InChI is InChI=1S/C23H32N4O4/c1-18(2)30-22(28)20(16-24)10-7-12-26(5)14-9-15-27(6)13-8-11-21(17-25)23(29)31-19(3)4/h7-8,10-13,18-19H,9,14-15H2,1-6H3. The van der Waals surface area contributed by atoms with Gasteiger partial charge in [0, 0.05) is 27.2 Å². The van der Waals surface area contributed by atoms with Crippen LogP contribution in [0.25, 0.3) is 0 Å². The third kappa shape index (κ3) is 13.3. The Morgan fingerprint density at radius 2 is 1.16 bits per heavy atom. The number of carbonyl (C=O) groups excluding carboxylic acids is 2. The first-order chi connectivity index (χ1) is 14.6. The van der Waals surface area contributed by atoms with Crippen molar-refractivity contribution in [3.05, 3.63) is 47.9 Å². The molecule has 168 valence electrons. The summed E-state index contributed by atoms with van der Waals surface area (Å²) in [6.45, 7) is 8.40. The average molecular weight is 429 g/mol. The highest BCUT2D eigenvalue weighted by molar-refractivity contribution is 5.93. The van der Waals surface area contributed by atoms with Gasteiger partial charge in [0.25, 0.3) is 0 Å². The van der Waals surface area contributed by atoms with Gasteiger partial charge in [-0.15, -0.1) is 0 Å². The van der Waals surface area contributed by atoms with Crippen molar-refractivity contribution >= 4 is 11.9 Å². The zero-order valence-electron chi connectivity index (χ0n) is 19.2. The molecular formula is C23H32N4O4. The third-order valence-corrected chi connectivity index (χ3v) is 3.59. The number of nitrogens with zero attached hydrogens (tertiary/aromatic N) is 4. The van der Waals surface area contributed by atoms with Gasteiger partial charge in [-0.25, -0.2) is 9.59 Å². The Labute approximate surface area is 185 Å². The van der Waals surface area contributed by atoms with E-state index in [2.05, 4.69) is 0 Å². The van der Waals surface area contributed by atoms with Crippen LogP contribution in [0.3, 0.4) is 0 Å². The quantitative estimate of drug-likeness (QED) is 0.202. The lowest BCUT2D eigenvalue weighted by Crippen LogP contribution is -2.19. The molecule has 0 saturated carbocycles. The SMILES string of the molecule is CC(C)OC(=O)C(C#N)=CC=CN(C)CCCN(C)C=CC=C(C#N)C(=O)OC(C)C. The number of allylic oxidation sites excluding steroid dienone is 4. The smallest absolute Gasteiger partial charge is 0.349 e. The number of esters is 2. The Kier molecular flexibility index (Phi) is 13.6. The molecule has 0 radical (unpaired) electrons. The summed E-state index contributed by atoms with van der Waals surface area (Å²) < 4.78 is 10.00. The Morgan fingerprint density at radius 1 is 0.806 bits per heavy atom. The minimum Gasteiger partial charge on any atom is -0.459 e. The fourth-order valence-electron chi connectivity index (χ4n) is 2.15. The second-order valence-corrected chi connectivity index (χ2v) is 7.29. The molecule has 0 heterocycles. The van der Waals surface area contributed by atoms with E-state index in [1.807, 2.05) is 36.0 Å². The summed E-state index contributed by atoms with van der Waals surface area (Å²) in [6, 6.07) is 3.67. The van der Waals surface area contributed by atoms with E-state index >= 15 is 0 Å². The van der Waals surface area contributed by atoms with Gasteiger partial charge in [-0.3, -0.25) is 0 Å². The van der Waals surface area contributed by atoms with Crippen molar-refractivity contribution in [3.8, 4) is 12.1 Å². The van der Waals surface area contributed by atoms with Crippen molar-refractivity contribution in [2.45, 2.75) is 46.3 Å². The monoisotopic (exact) mass is 428 g/mol. The van der Waals surface area contributed by atoms with E-state index in [0.29, 0.717) is 0 Å². The van der Waals surface area contributed by atoms with Crippen molar-refractivity contribution in [1.82, 2.24) is 9.80 Å². The van der Waals surface area contributed by atoms with Gasteiger partial charge in [-0.2, -0.15) is 10.5 Å². The Balaban J connectivity index is 4.52. The zero-order chi connectivity index (χ0) is 23.8. The fourth-order valence-corrected chi connectivity index (χ4v) is 2.15. The molecule has 8 heteroatoms. The molecule has 0 atom stereocenters. The average Bonchev–Trinajstić information content (AvgIpc) is 2.67. The molecule has 8 nitrogen and oxygen atoms in total. The number of rotatable bonds is 12. The minimum atomic E-state index is -0.635. The van der Waals surface area contributed by atoms with Crippen LogP contribution in [0.2, 0.25) is 0 Å². The van der Waals surface area contributed by atoms with E-state index in [1.54, 1.807) is 52.2 Å². The molecule has 0 fully saturated rings.